The van der Waals surface area contributed by atoms with Gasteiger partial charge in [0, 0.05) is 25.7 Å². The van der Waals surface area contributed by atoms with Crippen LogP contribution in [0.5, 0.6) is 5.75 Å². The van der Waals surface area contributed by atoms with E-state index in [-0.39, 0.29) is 11.8 Å². The van der Waals surface area contributed by atoms with Gasteiger partial charge in [-0.15, -0.1) is 0 Å². The van der Waals surface area contributed by atoms with Crippen LogP contribution in [-0.4, -0.2) is 55.0 Å². The molecule has 1 atom stereocenters. The van der Waals surface area contributed by atoms with Crippen LogP contribution in [-0.2, 0) is 11.2 Å². The third-order valence-electron chi connectivity index (χ3n) is 7.65. The van der Waals surface area contributed by atoms with E-state index in [1.807, 2.05) is 48.5 Å². The summed E-state index contributed by atoms with van der Waals surface area (Å²) < 4.78 is 5.30. The molecule has 1 unspecified atom stereocenters. The zero-order valence-corrected chi connectivity index (χ0v) is 22.0. The van der Waals surface area contributed by atoms with Gasteiger partial charge in [0.1, 0.15) is 5.75 Å². The molecule has 0 N–H and O–H groups in total. The zero-order valence-electron chi connectivity index (χ0n) is 22.0. The van der Waals surface area contributed by atoms with Crippen molar-refractivity contribution in [3.8, 4) is 5.75 Å². The summed E-state index contributed by atoms with van der Waals surface area (Å²) in [5.41, 5.74) is 3.48. The van der Waals surface area contributed by atoms with Gasteiger partial charge in [-0.1, -0.05) is 79.7 Å². The molecule has 1 heterocycles. The monoisotopic (exact) mass is 484 g/mol. The second-order valence-corrected chi connectivity index (χ2v) is 10.0. The molecule has 1 saturated heterocycles. The summed E-state index contributed by atoms with van der Waals surface area (Å²) in [6, 6.07) is 29.3. The molecule has 0 aromatic heterocycles. The average Bonchev–Trinajstić information content (AvgIpc) is 2.93. The van der Waals surface area contributed by atoms with Gasteiger partial charge in [-0.25, -0.2) is 0 Å². The Morgan fingerprint density at radius 1 is 0.917 bits per heavy atom. The van der Waals surface area contributed by atoms with Crippen molar-refractivity contribution in [2.75, 3.05) is 33.3 Å². The molecule has 0 saturated carbocycles. The summed E-state index contributed by atoms with van der Waals surface area (Å²) in [7, 11) is 1.71. The molecule has 4 nitrogen and oxygen atoms in total. The van der Waals surface area contributed by atoms with E-state index >= 15 is 0 Å². The van der Waals surface area contributed by atoms with Crippen molar-refractivity contribution in [1.82, 2.24) is 9.80 Å². The van der Waals surface area contributed by atoms with Gasteiger partial charge in [0.15, 0.2) is 0 Å². The molecule has 4 rings (SSSR count). The van der Waals surface area contributed by atoms with E-state index in [1.54, 1.807) is 7.11 Å². The summed E-state index contributed by atoms with van der Waals surface area (Å²) in [6.07, 6.45) is 3.16. The molecule has 1 aliphatic rings. The minimum Gasteiger partial charge on any atom is -0.497 e. The molecule has 1 aliphatic heterocycles. The van der Waals surface area contributed by atoms with Gasteiger partial charge in [0.25, 0.3) is 0 Å². The first-order valence-electron chi connectivity index (χ1n) is 13.3. The molecule has 36 heavy (non-hydrogen) atoms. The Kier molecular flexibility index (Phi) is 9.18. The lowest BCUT2D eigenvalue weighted by molar-refractivity contribution is -0.133. The summed E-state index contributed by atoms with van der Waals surface area (Å²) in [5.74, 6) is 1.52. The number of likely N-dealkylation sites (N-methyl/N-ethyl adjacent to an activating group) is 1. The lowest BCUT2D eigenvalue weighted by Crippen LogP contribution is -2.45. The minimum absolute atomic E-state index is 0.228. The summed E-state index contributed by atoms with van der Waals surface area (Å²) in [6.45, 7) is 8.40. The smallest absolute Gasteiger partial charge is 0.234 e. The topological polar surface area (TPSA) is 32.8 Å². The van der Waals surface area contributed by atoms with Crippen molar-refractivity contribution >= 4 is 5.91 Å². The molecule has 4 heteroatoms. The number of methoxy groups -OCH3 is 1. The Balaban J connectivity index is 1.35. The highest BCUT2D eigenvalue weighted by Crippen LogP contribution is 2.29. The number of carbonyl (C=O) groups is 1. The maximum atomic E-state index is 13.7. The first kappa shape index (κ1) is 26.0. The maximum absolute atomic E-state index is 13.7. The van der Waals surface area contributed by atoms with Crippen molar-refractivity contribution in [2.24, 2.45) is 5.92 Å². The number of carbonyl (C=O) groups excluding carboxylic acids is 1. The molecular formula is C32H40N2O2. The quantitative estimate of drug-likeness (QED) is 0.353. The summed E-state index contributed by atoms with van der Waals surface area (Å²) in [5, 5.41) is 0. The zero-order chi connectivity index (χ0) is 25.3. The highest BCUT2D eigenvalue weighted by Gasteiger charge is 2.31. The Bertz CT molecular complexity index is 1020. The number of amides is 1. The van der Waals surface area contributed by atoms with Crippen molar-refractivity contribution in [2.45, 2.75) is 45.1 Å². The maximum Gasteiger partial charge on any atom is 0.234 e. The molecular weight excluding hydrogens is 444 g/mol. The normalized spacial score (nSPS) is 15.3. The van der Waals surface area contributed by atoms with E-state index in [2.05, 4.69) is 60.0 Å². The molecule has 190 valence electrons. The lowest BCUT2D eigenvalue weighted by Gasteiger charge is -2.38. The van der Waals surface area contributed by atoms with Gasteiger partial charge in [0.2, 0.25) is 5.91 Å². The highest BCUT2D eigenvalue weighted by atomic mass is 16.5. The number of nitrogens with zero attached hydrogens (tertiary/aromatic N) is 2. The minimum atomic E-state index is -0.236. The van der Waals surface area contributed by atoms with Crippen LogP contribution in [0.15, 0.2) is 84.9 Å². The second-order valence-electron chi connectivity index (χ2n) is 10.0. The predicted octanol–water partition coefficient (Wildman–Crippen LogP) is 6.02. The molecule has 0 radical (unpaired) electrons. The van der Waals surface area contributed by atoms with Gasteiger partial charge in [0.05, 0.1) is 13.0 Å². The van der Waals surface area contributed by atoms with Crippen molar-refractivity contribution in [3.63, 3.8) is 0 Å². The first-order chi connectivity index (χ1) is 17.6. The van der Waals surface area contributed by atoms with Gasteiger partial charge >= 0.3 is 0 Å². The number of benzene rings is 3. The Morgan fingerprint density at radius 3 is 1.97 bits per heavy atom. The summed E-state index contributed by atoms with van der Waals surface area (Å²) in [4.78, 5) is 18.4. The second kappa shape index (κ2) is 12.7. The number of piperidine rings is 1. The van der Waals surface area contributed by atoms with E-state index in [0.29, 0.717) is 12.0 Å². The molecule has 0 aliphatic carbocycles. The van der Waals surface area contributed by atoms with E-state index in [1.165, 1.54) is 5.56 Å². The van der Waals surface area contributed by atoms with E-state index in [0.717, 1.165) is 62.3 Å². The van der Waals surface area contributed by atoms with Gasteiger partial charge in [-0.3, -0.25) is 4.79 Å². The molecule has 0 spiro atoms. The first-order valence-corrected chi connectivity index (χ1v) is 13.3. The van der Waals surface area contributed by atoms with Gasteiger partial charge in [-0.2, -0.15) is 0 Å². The fraction of sp³-hybridized carbons (Fsp3) is 0.406. The third kappa shape index (κ3) is 6.55. The third-order valence-corrected chi connectivity index (χ3v) is 7.65. The van der Waals surface area contributed by atoms with Crippen LogP contribution in [0.1, 0.15) is 49.3 Å². The van der Waals surface area contributed by atoms with Crippen LogP contribution in [0.3, 0.4) is 0 Å². The molecule has 0 bridgehead atoms. The highest BCUT2D eigenvalue weighted by molar-refractivity contribution is 5.87. The van der Waals surface area contributed by atoms with Gasteiger partial charge in [-0.05, 0) is 67.5 Å². The number of hydrogen-bond acceptors (Lipinski definition) is 3. The number of rotatable bonds is 10. The van der Waals surface area contributed by atoms with Crippen LogP contribution < -0.4 is 4.74 Å². The average molecular weight is 485 g/mol. The molecule has 1 fully saturated rings. The standard InChI is InChI=1S/C32H40N2O2/c1-4-33(25(2)23-26-15-17-30(36-3)18-16-26)24-27-19-21-34(22-20-27)32(35)31(28-11-7-5-8-12-28)29-13-9-6-10-14-29/h5-18,25,27,31H,4,19-24H2,1-3H3. The number of hydrogen-bond donors (Lipinski definition) is 0. The number of ether oxygens (including phenoxy) is 1. The fourth-order valence-corrected chi connectivity index (χ4v) is 5.47. The van der Waals surface area contributed by atoms with Crippen molar-refractivity contribution in [3.05, 3.63) is 102 Å². The van der Waals surface area contributed by atoms with E-state index < -0.39 is 0 Å². The van der Waals surface area contributed by atoms with E-state index in [4.69, 9.17) is 4.74 Å². The Morgan fingerprint density at radius 2 is 1.47 bits per heavy atom. The van der Waals surface area contributed by atoms with Crippen molar-refractivity contribution in [1.29, 1.82) is 0 Å². The fourth-order valence-electron chi connectivity index (χ4n) is 5.47. The van der Waals surface area contributed by atoms with Crippen LogP contribution in [0.4, 0.5) is 0 Å². The molecule has 3 aromatic carbocycles. The van der Waals surface area contributed by atoms with Crippen LogP contribution in [0.25, 0.3) is 0 Å². The SMILES string of the molecule is CCN(CC1CCN(C(=O)C(c2ccccc2)c2ccccc2)CC1)C(C)Cc1ccc(OC)cc1. The molecule has 3 aromatic rings. The molecule has 1 amide bonds. The van der Waals surface area contributed by atoms with Crippen LogP contribution >= 0.6 is 0 Å². The summed E-state index contributed by atoms with van der Waals surface area (Å²) >= 11 is 0. The van der Waals surface area contributed by atoms with Crippen LogP contribution in [0.2, 0.25) is 0 Å². The Labute approximate surface area is 216 Å². The predicted molar refractivity (Wildman–Crippen MR) is 147 cm³/mol. The number of likely N-dealkylation sites (tertiary alicyclic amines) is 1. The largest absolute Gasteiger partial charge is 0.497 e. The van der Waals surface area contributed by atoms with Crippen LogP contribution in [0, 0.1) is 5.92 Å². The lowest BCUT2D eigenvalue weighted by atomic mass is 9.88. The Hall–Kier alpha value is -3.11. The van der Waals surface area contributed by atoms with Gasteiger partial charge < -0.3 is 14.5 Å². The van der Waals surface area contributed by atoms with Crippen molar-refractivity contribution < 1.29 is 9.53 Å². The van der Waals surface area contributed by atoms with E-state index in [9.17, 15) is 4.79 Å².